The minimum Gasteiger partial charge on any atom is -0.335 e. The quantitative estimate of drug-likeness (QED) is 0.620. The zero-order chi connectivity index (χ0) is 10.0. The second-order valence-electron chi connectivity index (χ2n) is 3.69. The summed E-state index contributed by atoms with van der Waals surface area (Å²) in [7, 11) is 0. The van der Waals surface area contributed by atoms with Gasteiger partial charge >= 0.3 is 6.43 Å². The highest BCUT2D eigenvalue weighted by atomic mass is 19.3. The average Bonchev–Trinajstić information content (AvgIpc) is 2.08. The molecule has 2 nitrogen and oxygen atoms in total. The van der Waals surface area contributed by atoms with E-state index >= 15 is 0 Å². The summed E-state index contributed by atoms with van der Waals surface area (Å²) < 4.78 is 24.2. The number of halogens is 2. The molecule has 0 radical (unpaired) electrons. The molecular formula is C9H15F2NO. The number of likely N-dealkylation sites (tertiary alicyclic amines) is 1. The molecule has 0 spiro atoms. The van der Waals surface area contributed by atoms with Crippen molar-refractivity contribution in [2.75, 3.05) is 6.54 Å². The average molecular weight is 191 g/mol. The van der Waals surface area contributed by atoms with E-state index in [0.29, 0.717) is 12.5 Å². The van der Waals surface area contributed by atoms with Crippen LogP contribution in [-0.2, 0) is 4.79 Å². The Balaban J connectivity index is 2.62. The first-order valence-corrected chi connectivity index (χ1v) is 4.62. The number of rotatable bonds is 1. The van der Waals surface area contributed by atoms with Crippen molar-refractivity contribution in [3.8, 4) is 0 Å². The summed E-state index contributed by atoms with van der Waals surface area (Å²) in [6.45, 7) is 4.31. The maximum Gasteiger partial charge on any atom is 0.315 e. The molecule has 0 bridgehead atoms. The third kappa shape index (κ3) is 2.17. The van der Waals surface area contributed by atoms with Crippen LogP contribution in [0.25, 0.3) is 0 Å². The fourth-order valence-corrected chi connectivity index (χ4v) is 1.77. The molecule has 1 aliphatic rings. The van der Waals surface area contributed by atoms with Crippen molar-refractivity contribution in [2.24, 2.45) is 5.92 Å². The lowest BCUT2D eigenvalue weighted by molar-refractivity contribution is -0.147. The molecule has 2 unspecified atom stereocenters. The van der Waals surface area contributed by atoms with E-state index < -0.39 is 12.3 Å². The van der Waals surface area contributed by atoms with Gasteiger partial charge in [-0.1, -0.05) is 6.92 Å². The van der Waals surface area contributed by atoms with E-state index in [9.17, 15) is 13.6 Å². The van der Waals surface area contributed by atoms with Crippen molar-refractivity contribution in [3.05, 3.63) is 0 Å². The third-order valence-electron chi connectivity index (χ3n) is 2.84. The van der Waals surface area contributed by atoms with E-state index in [-0.39, 0.29) is 6.04 Å². The molecule has 1 saturated heterocycles. The van der Waals surface area contributed by atoms with Crippen LogP contribution < -0.4 is 0 Å². The highest BCUT2D eigenvalue weighted by Crippen LogP contribution is 2.23. The highest BCUT2D eigenvalue weighted by Gasteiger charge is 2.32. The molecule has 76 valence electrons. The summed E-state index contributed by atoms with van der Waals surface area (Å²) in [5, 5.41) is 0. The Labute approximate surface area is 76.9 Å². The van der Waals surface area contributed by atoms with Gasteiger partial charge in [-0.25, -0.2) is 0 Å². The number of alkyl halides is 2. The molecule has 1 rings (SSSR count). The van der Waals surface area contributed by atoms with Gasteiger partial charge in [0.25, 0.3) is 5.91 Å². The zero-order valence-corrected chi connectivity index (χ0v) is 7.96. The van der Waals surface area contributed by atoms with Gasteiger partial charge in [0, 0.05) is 12.6 Å². The van der Waals surface area contributed by atoms with Gasteiger partial charge in [0.05, 0.1) is 0 Å². The first-order chi connectivity index (χ1) is 6.04. The molecule has 0 aromatic heterocycles. The number of carbonyl (C=O) groups is 1. The normalized spacial score (nSPS) is 29.5. The van der Waals surface area contributed by atoms with Crippen LogP contribution >= 0.6 is 0 Å². The minimum atomic E-state index is -2.85. The van der Waals surface area contributed by atoms with Crippen molar-refractivity contribution in [1.82, 2.24) is 4.90 Å². The maximum absolute atomic E-state index is 12.1. The SMILES string of the molecule is CC1CCCN(C(=O)C(F)F)C1C. The monoisotopic (exact) mass is 191 g/mol. The van der Waals surface area contributed by atoms with Gasteiger partial charge in [-0.15, -0.1) is 0 Å². The van der Waals surface area contributed by atoms with Crippen LogP contribution in [0.2, 0.25) is 0 Å². The lowest BCUT2D eigenvalue weighted by Gasteiger charge is -2.37. The van der Waals surface area contributed by atoms with E-state index in [1.165, 1.54) is 4.90 Å². The second-order valence-corrected chi connectivity index (χ2v) is 3.69. The van der Waals surface area contributed by atoms with Crippen LogP contribution in [0.5, 0.6) is 0 Å². The molecular weight excluding hydrogens is 176 g/mol. The predicted molar refractivity (Wildman–Crippen MR) is 45.6 cm³/mol. The summed E-state index contributed by atoms with van der Waals surface area (Å²) >= 11 is 0. The van der Waals surface area contributed by atoms with Gasteiger partial charge in [-0.05, 0) is 25.7 Å². The Morgan fingerprint density at radius 1 is 1.46 bits per heavy atom. The lowest BCUT2D eigenvalue weighted by Crippen LogP contribution is -2.48. The number of nitrogens with zero attached hydrogens (tertiary/aromatic N) is 1. The van der Waals surface area contributed by atoms with Gasteiger partial charge in [0.1, 0.15) is 0 Å². The molecule has 1 aliphatic heterocycles. The van der Waals surface area contributed by atoms with Crippen molar-refractivity contribution in [2.45, 2.75) is 39.2 Å². The Hall–Kier alpha value is -0.670. The standard InChI is InChI=1S/C9H15F2NO/c1-6-4-3-5-12(7(6)2)9(13)8(10)11/h6-8H,3-5H2,1-2H3. The van der Waals surface area contributed by atoms with Gasteiger partial charge in [0.2, 0.25) is 0 Å². The lowest BCUT2D eigenvalue weighted by atomic mass is 9.92. The fraction of sp³-hybridized carbons (Fsp3) is 0.889. The number of amides is 1. The Kier molecular flexibility index (Phi) is 3.22. The first-order valence-electron chi connectivity index (χ1n) is 4.62. The van der Waals surface area contributed by atoms with E-state index in [4.69, 9.17) is 0 Å². The molecule has 0 N–H and O–H groups in total. The zero-order valence-electron chi connectivity index (χ0n) is 7.96. The Morgan fingerprint density at radius 3 is 2.62 bits per heavy atom. The summed E-state index contributed by atoms with van der Waals surface area (Å²) in [5.41, 5.74) is 0. The van der Waals surface area contributed by atoms with Gasteiger partial charge < -0.3 is 4.90 Å². The summed E-state index contributed by atoms with van der Waals surface area (Å²) in [6.07, 6.45) is -0.995. The van der Waals surface area contributed by atoms with Crippen molar-refractivity contribution < 1.29 is 13.6 Å². The van der Waals surface area contributed by atoms with Crippen LogP contribution in [0.1, 0.15) is 26.7 Å². The molecule has 0 saturated carbocycles. The van der Waals surface area contributed by atoms with Crippen LogP contribution in [0.15, 0.2) is 0 Å². The molecule has 4 heteroatoms. The topological polar surface area (TPSA) is 20.3 Å². The molecule has 13 heavy (non-hydrogen) atoms. The minimum absolute atomic E-state index is 0.0461. The number of hydrogen-bond acceptors (Lipinski definition) is 1. The van der Waals surface area contributed by atoms with E-state index in [0.717, 1.165) is 12.8 Å². The van der Waals surface area contributed by atoms with Crippen LogP contribution in [-0.4, -0.2) is 29.8 Å². The fourth-order valence-electron chi connectivity index (χ4n) is 1.77. The van der Waals surface area contributed by atoms with E-state index in [1.807, 2.05) is 13.8 Å². The molecule has 0 aromatic rings. The summed E-state index contributed by atoms with van der Waals surface area (Å²) in [5.74, 6) is -0.685. The van der Waals surface area contributed by atoms with Crippen LogP contribution in [0.4, 0.5) is 8.78 Å². The molecule has 0 aliphatic carbocycles. The summed E-state index contributed by atoms with van der Waals surface area (Å²) in [4.78, 5) is 12.3. The highest BCUT2D eigenvalue weighted by molar-refractivity contribution is 5.79. The largest absolute Gasteiger partial charge is 0.335 e. The summed E-state index contributed by atoms with van der Waals surface area (Å²) in [6, 6.07) is -0.0461. The second kappa shape index (κ2) is 4.03. The number of carbonyl (C=O) groups excluding carboxylic acids is 1. The molecule has 1 amide bonds. The third-order valence-corrected chi connectivity index (χ3v) is 2.84. The van der Waals surface area contributed by atoms with Gasteiger partial charge in [0.15, 0.2) is 0 Å². The first kappa shape index (κ1) is 10.4. The molecule has 1 fully saturated rings. The van der Waals surface area contributed by atoms with Crippen molar-refractivity contribution in [3.63, 3.8) is 0 Å². The Bertz CT molecular complexity index is 196. The van der Waals surface area contributed by atoms with Crippen molar-refractivity contribution in [1.29, 1.82) is 0 Å². The smallest absolute Gasteiger partial charge is 0.315 e. The number of hydrogen-bond donors (Lipinski definition) is 0. The van der Waals surface area contributed by atoms with Gasteiger partial charge in [-0.2, -0.15) is 8.78 Å². The van der Waals surface area contributed by atoms with E-state index in [2.05, 4.69) is 0 Å². The molecule has 1 heterocycles. The van der Waals surface area contributed by atoms with Crippen LogP contribution in [0.3, 0.4) is 0 Å². The molecule has 0 aromatic carbocycles. The van der Waals surface area contributed by atoms with Crippen LogP contribution in [0, 0.1) is 5.92 Å². The van der Waals surface area contributed by atoms with E-state index in [1.54, 1.807) is 0 Å². The van der Waals surface area contributed by atoms with Crippen molar-refractivity contribution >= 4 is 5.91 Å². The van der Waals surface area contributed by atoms with Gasteiger partial charge in [-0.3, -0.25) is 4.79 Å². The molecule has 2 atom stereocenters. The predicted octanol–water partition coefficient (Wildman–Crippen LogP) is 1.90. The Morgan fingerprint density at radius 2 is 2.08 bits per heavy atom. The number of piperidine rings is 1. The maximum atomic E-state index is 12.1.